The molecule has 0 saturated heterocycles. The molecule has 0 N–H and O–H groups in total. The Labute approximate surface area is 329 Å². The van der Waals surface area contributed by atoms with E-state index in [2.05, 4.69) is 66.7 Å². The van der Waals surface area contributed by atoms with Crippen LogP contribution in [0.5, 0.6) is 0 Å². The number of benzene rings is 8. The van der Waals surface area contributed by atoms with Gasteiger partial charge in [-0.15, -0.1) is 0 Å². The fourth-order valence-corrected chi connectivity index (χ4v) is 7.38. The molecule has 57 heavy (non-hydrogen) atoms. The molecule has 0 fully saturated rings. The molecule has 0 bridgehead atoms. The Kier molecular flexibility index (Phi) is 8.44. The molecular weight excluding hydrogens is 699 g/mol. The first-order valence-electron chi connectivity index (χ1n) is 18.7. The van der Waals surface area contributed by atoms with Crippen LogP contribution in [0.3, 0.4) is 0 Å². The lowest BCUT2D eigenvalue weighted by Gasteiger charge is -2.15. The number of fused-ring (bicyclic) bond motifs is 3. The monoisotopic (exact) mass is 729 g/mol. The first-order chi connectivity index (χ1) is 28.2. The summed E-state index contributed by atoms with van der Waals surface area (Å²) in [5.41, 5.74) is 11.8. The highest BCUT2D eigenvalue weighted by Gasteiger charge is 2.19. The van der Waals surface area contributed by atoms with E-state index in [1.165, 1.54) is 0 Å². The average Bonchev–Trinajstić information content (AvgIpc) is 3.75. The van der Waals surface area contributed by atoms with Crippen molar-refractivity contribution >= 4 is 21.9 Å². The molecule has 10 rings (SSSR count). The summed E-state index contributed by atoms with van der Waals surface area (Å²) in [6.07, 6.45) is 0. The van der Waals surface area contributed by atoms with Gasteiger partial charge in [0.15, 0.2) is 23.1 Å². The van der Waals surface area contributed by atoms with E-state index in [4.69, 9.17) is 24.4 Å². The number of hydrogen-bond acceptors (Lipinski definition) is 6. The van der Waals surface area contributed by atoms with Crippen LogP contribution in [-0.4, -0.2) is 19.9 Å². The molecule has 0 atom stereocenters. The van der Waals surface area contributed by atoms with Crippen LogP contribution in [0.15, 0.2) is 192 Å². The number of nitriles is 1. The Balaban J connectivity index is 1.13. The van der Waals surface area contributed by atoms with E-state index >= 15 is 0 Å². The Morgan fingerprint density at radius 3 is 1.67 bits per heavy atom. The van der Waals surface area contributed by atoms with Crippen LogP contribution in [0.2, 0.25) is 0 Å². The molecule has 10 aromatic rings. The molecule has 2 aromatic heterocycles. The molecule has 2 heterocycles. The van der Waals surface area contributed by atoms with E-state index < -0.39 is 0 Å². The summed E-state index contributed by atoms with van der Waals surface area (Å²) in [6.45, 7) is 0. The smallest absolute Gasteiger partial charge is 0.227 e. The first kappa shape index (κ1) is 33.6. The molecule has 0 unspecified atom stereocenters. The molecule has 0 amide bonds. The summed E-state index contributed by atoms with van der Waals surface area (Å²) in [6, 6.07) is 65.4. The maximum Gasteiger partial charge on any atom is 0.227 e. The lowest BCUT2D eigenvalue weighted by molar-refractivity contribution is 0.623. The van der Waals surface area contributed by atoms with E-state index in [0.29, 0.717) is 28.9 Å². The van der Waals surface area contributed by atoms with Gasteiger partial charge in [0, 0.05) is 27.6 Å². The largest absolute Gasteiger partial charge is 0.435 e. The van der Waals surface area contributed by atoms with Crippen molar-refractivity contribution in [3.63, 3.8) is 0 Å². The standard InChI is InChI=1S/C51H31N5O/c52-32-33-22-24-35(25-23-33)42-28-26-39(41-19-9-10-21-44(41)51-53-46-29-27-34-12-7-8-20-43(34)47(46)57-51)31-45(42)38-17-11-18-40(30-38)50-55-48(36-13-3-1-4-14-36)54-49(56-50)37-15-5-2-6-16-37/h1-31H. The molecule has 0 aliphatic carbocycles. The van der Waals surface area contributed by atoms with Crippen molar-refractivity contribution in [2.24, 2.45) is 0 Å². The van der Waals surface area contributed by atoms with Crippen molar-refractivity contribution < 1.29 is 4.42 Å². The fraction of sp³-hybridized carbons (Fsp3) is 0. The van der Waals surface area contributed by atoms with Crippen LogP contribution in [0.1, 0.15) is 5.56 Å². The summed E-state index contributed by atoms with van der Waals surface area (Å²) in [5.74, 6) is 2.35. The molecule has 0 spiro atoms. The van der Waals surface area contributed by atoms with E-state index in [0.717, 1.165) is 77.5 Å². The van der Waals surface area contributed by atoms with Gasteiger partial charge < -0.3 is 4.42 Å². The first-order valence-corrected chi connectivity index (χ1v) is 18.7. The normalized spacial score (nSPS) is 11.1. The Morgan fingerprint density at radius 1 is 0.386 bits per heavy atom. The maximum absolute atomic E-state index is 9.56. The van der Waals surface area contributed by atoms with Gasteiger partial charge in [-0.25, -0.2) is 19.9 Å². The minimum absolute atomic E-state index is 0.565. The van der Waals surface area contributed by atoms with Crippen LogP contribution in [0.25, 0.3) is 101 Å². The van der Waals surface area contributed by atoms with E-state index in [-0.39, 0.29) is 0 Å². The van der Waals surface area contributed by atoms with Gasteiger partial charge in [0.25, 0.3) is 0 Å². The Bertz CT molecular complexity index is 3070. The van der Waals surface area contributed by atoms with Gasteiger partial charge in [-0.3, -0.25) is 0 Å². The van der Waals surface area contributed by atoms with Crippen LogP contribution in [0, 0.1) is 11.3 Å². The van der Waals surface area contributed by atoms with E-state index in [9.17, 15) is 5.26 Å². The second kappa shape index (κ2) is 14.3. The maximum atomic E-state index is 9.56. The van der Waals surface area contributed by atoms with Gasteiger partial charge in [0.1, 0.15) is 5.52 Å². The predicted molar refractivity (Wildman–Crippen MR) is 228 cm³/mol. The topological polar surface area (TPSA) is 88.5 Å². The number of nitrogens with zero attached hydrogens (tertiary/aromatic N) is 5. The molecule has 0 aliphatic rings. The molecule has 0 radical (unpaired) electrons. The van der Waals surface area contributed by atoms with Crippen molar-refractivity contribution in [3.8, 4) is 85.1 Å². The SMILES string of the molecule is N#Cc1ccc(-c2ccc(-c3ccccc3-c3nc4ccc5ccccc5c4o3)cc2-c2cccc(-c3nc(-c4ccccc4)nc(-c4ccccc4)n3)c2)cc1. The molecule has 6 nitrogen and oxygen atoms in total. The average molecular weight is 730 g/mol. The van der Waals surface area contributed by atoms with E-state index in [1.54, 1.807) is 0 Å². The number of rotatable bonds is 7. The zero-order valence-electron chi connectivity index (χ0n) is 30.5. The Morgan fingerprint density at radius 2 is 0.947 bits per heavy atom. The van der Waals surface area contributed by atoms with Gasteiger partial charge in [0.05, 0.1) is 11.6 Å². The van der Waals surface area contributed by atoms with Crippen molar-refractivity contribution in [2.45, 2.75) is 0 Å². The molecule has 0 saturated carbocycles. The summed E-state index contributed by atoms with van der Waals surface area (Å²) < 4.78 is 6.55. The number of oxazole rings is 1. The van der Waals surface area contributed by atoms with Gasteiger partial charge in [-0.2, -0.15) is 5.26 Å². The highest BCUT2D eigenvalue weighted by atomic mass is 16.3. The highest BCUT2D eigenvalue weighted by Crippen LogP contribution is 2.41. The van der Waals surface area contributed by atoms with Crippen molar-refractivity contribution in [1.82, 2.24) is 19.9 Å². The van der Waals surface area contributed by atoms with Gasteiger partial charge >= 0.3 is 0 Å². The minimum atomic E-state index is 0.565. The quantitative estimate of drug-likeness (QED) is 0.162. The number of aromatic nitrogens is 4. The van der Waals surface area contributed by atoms with E-state index in [1.807, 2.05) is 127 Å². The third-order valence-corrected chi connectivity index (χ3v) is 10.2. The Hall–Kier alpha value is -8.01. The summed E-state index contributed by atoms with van der Waals surface area (Å²) in [5, 5.41) is 11.7. The zero-order chi connectivity index (χ0) is 38.1. The van der Waals surface area contributed by atoms with Crippen LogP contribution in [-0.2, 0) is 0 Å². The summed E-state index contributed by atoms with van der Waals surface area (Å²) in [7, 11) is 0. The summed E-state index contributed by atoms with van der Waals surface area (Å²) >= 11 is 0. The van der Waals surface area contributed by atoms with Crippen LogP contribution < -0.4 is 0 Å². The molecule has 0 aliphatic heterocycles. The highest BCUT2D eigenvalue weighted by molar-refractivity contribution is 6.04. The lowest BCUT2D eigenvalue weighted by atomic mass is 9.89. The van der Waals surface area contributed by atoms with Crippen molar-refractivity contribution in [2.75, 3.05) is 0 Å². The van der Waals surface area contributed by atoms with Crippen molar-refractivity contribution in [3.05, 3.63) is 194 Å². The fourth-order valence-electron chi connectivity index (χ4n) is 7.38. The van der Waals surface area contributed by atoms with Crippen LogP contribution in [0.4, 0.5) is 0 Å². The van der Waals surface area contributed by atoms with Crippen molar-refractivity contribution in [1.29, 1.82) is 5.26 Å². The predicted octanol–water partition coefficient (Wildman–Crippen LogP) is 12.7. The molecule has 6 heteroatoms. The minimum Gasteiger partial charge on any atom is -0.435 e. The van der Waals surface area contributed by atoms with Gasteiger partial charge in [-0.05, 0) is 75.2 Å². The van der Waals surface area contributed by atoms with Gasteiger partial charge in [-0.1, -0.05) is 152 Å². The van der Waals surface area contributed by atoms with Crippen LogP contribution >= 0.6 is 0 Å². The second-order valence-electron chi connectivity index (χ2n) is 13.8. The molecule has 8 aromatic carbocycles. The molecule has 266 valence electrons. The third-order valence-electron chi connectivity index (χ3n) is 10.2. The third kappa shape index (κ3) is 6.39. The second-order valence-corrected chi connectivity index (χ2v) is 13.8. The summed E-state index contributed by atoms with van der Waals surface area (Å²) in [4.78, 5) is 19.9. The zero-order valence-corrected chi connectivity index (χ0v) is 30.5. The number of hydrogen-bond donors (Lipinski definition) is 0. The lowest BCUT2D eigenvalue weighted by Crippen LogP contribution is -2.00. The van der Waals surface area contributed by atoms with Gasteiger partial charge in [0.2, 0.25) is 5.89 Å². The molecular formula is C51H31N5O.